The van der Waals surface area contributed by atoms with E-state index in [0.29, 0.717) is 16.8 Å². The van der Waals surface area contributed by atoms with Crippen LogP contribution in [0, 0.1) is 0 Å². The molecule has 1 aromatic heterocycles. The van der Waals surface area contributed by atoms with Crippen LogP contribution in [0.15, 0.2) is 60.8 Å². The number of amides is 3. The summed E-state index contributed by atoms with van der Waals surface area (Å²) in [6.45, 7) is 0. The number of aromatic nitrogens is 1. The van der Waals surface area contributed by atoms with Gasteiger partial charge in [-0.3, -0.25) is 14.4 Å². The molecule has 7 nitrogen and oxygen atoms in total. The molecule has 0 aliphatic rings. The first kappa shape index (κ1) is 18.9. The highest BCUT2D eigenvalue weighted by atomic mass is 16.2. The maximum atomic E-state index is 12.1. The normalized spacial score (nSPS) is 10.9. The molecule has 2 aromatic carbocycles. The van der Waals surface area contributed by atoms with Crippen molar-refractivity contribution in [2.45, 2.75) is 0 Å². The summed E-state index contributed by atoms with van der Waals surface area (Å²) in [5, 5.41) is 3.60. The zero-order chi connectivity index (χ0) is 20.3. The zero-order valence-corrected chi connectivity index (χ0v) is 15.5. The van der Waals surface area contributed by atoms with Gasteiger partial charge in [-0.2, -0.15) is 0 Å². The molecule has 142 valence electrons. The summed E-state index contributed by atoms with van der Waals surface area (Å²) in [6, 6.07) is 12.7. The number of likely N-dealkylation sites (N-methyl/N-ethyl adjacent to an activating group) is 1. The van der Waals surface area contributed by atoms with Crippen LogP contribution in [-0.4, -0.2) is 41.7 Å². The Bertz CT molecular complexity index is 1100. The third-order valence-electron chi connectivity index (χ3n) is 4.25. The van der Waals surface area contributed by atoms with E-state index in [0.717, 1.165) is 16.5 Å². The number of nitrogens with zero attached hydrogens (tertiary/aromatic N) is 1. The second-order valence-corrected chi connectivity index (χ2v) is 6.43. The van der Waals surface area contributed by atoms with Gasteiger partial charge in [0.2, 0.25) is 11.8 Å². The summed E-state index contributed by atoms with van der Waals surface area (Å²) in [4.78, 5) is 39.6. The molecule has 3 aromatic rings. The Labute approximate surface area is 161 Å². The fourth-order valence-corrected chi connectivity index (χ4v) is 2.86. The fraction of sp³-hybridized carbons (Fsp3) is 0.0952. The highest BCUT2D eigenvalue weighted by Crippen LogP contribution is 2.31. The van der Waals surface area contributed by atoms with Gasteiger partial charge in [0, 0.05) is 43.5 Å². The number of carbonyl (C=O) groups excluding carboxylic acids is 3. The molecule has 0 fully saturated rings. The summed E-state index contributed by atoms with van der Waals surface area (Å²) < 4.78 is 0. The van der Waals surface area contributed by atoms with Crippen LogP contribution in [0.3, 0.4) is 0 Å². The molecule has 0 atom stereocenters. The molecule has 7 heteroatoms. The van der Waals surface area contributed by atoms with Crippen molar-refractivity contribution in [3.05, 3.63) is 66.4 Å². The van der Waals surface area contributed by atoms with Crippen LogP contribution in [-0.2, 0) is 9.59 Å². The predicted molar refractivity (Wildman–Crippen MR) is 109 cm³/mol. The number of hydrogen-bond donors (Lipinski definition) is 3. The van der Waals surface area contributed by atoms with Gasteiger partial charge in [-0.25, -0.2) is 0 Å². The SMILES string of the molecule is CN(C)C(=O)/C=C/C(=O)Nc1cccc(-c2ccc(C(N)=O)c3[nH]ccc23)c1. The molecule has 3 amide bonds. The van der Waals surface area contributed by atoms with E-state index in [1.807, 2.05) is 30.3 Å². The van der Waals surface area contributed by atoms with Crippen LogP contribution in [0.4, 0.5) is 5.69 Å². The molecular weight excluding hydrogens is 356 g/mol. The molecule has 0 spiro atoms. The van der Waals surface area contributed by atoms with Crippen LogP contribution in [0.5, 0.6) is 0 Å². The molecule has 4 N–H and O–H groups in total. The van der Waals surface area contributed by atoms with E-state index >= 15 is 0 Å². The standard InChI is InChI=1S/C21H20N4O3/c1-25(2)19(27)9-8-18(26)24-14-5-3-4-13(12-14)15-6-7-17(21(22)28)20-16(15)10-11-23-20/h3-12,23H,1-2H3,(H2,22,28)(H,24,26)/b9-8+. The highest BCUT2D eigenvalue weighted by molar-refractivity contribution is 6.09. The van der Waals surface area contributed by atoms with Crippen molar-refractivity contribution in [1.29, 1.82) is 0 Å². The van der Waals surface area contributed by atoms with Gasteiger partial charge in [0.05, 0.1) is 11.1 Å². The smallest absolute Gasteiger partial charge is 0.250 e. The Balaban J connectivity index is 1.88. The number of hydrogen-bond acceptors (Lipinski definition) is 3. The molecule has 0 aliphatic heterocycles. The monoisotopic (exact) mass is 376 g/mol. The maximum absolute atomic E-state index is 12.1. The molecule has 0 aliphatic carbocycles. The van der Waals surface area contributed by atoms with Gasteiger partial charge in [0.1, 0.15) is 0 Å². The van der Waals surface area contributed by atoms with E-state index in [2.05, 4.69) is 10.3 Å². The Morgan fingerprint density at radius 1 is 1.07 bits per heavy atom. The molecule has 0 bridgehead atoms. The van der Waals surface area contributed by atoms with Gasteiger partial charge < -0.3 is 20.9 Å². The van der Waals surface area contributed by atoms with E-state index < -0.39 is 11.8 Å². The van der Waals surface area contributed by atoms with Crippen molar-refractivity contribution < 1.29 is 14.4 Å². The number of rotatable bonds is 5. The molecule has 0 saturated carbocycles. The Morgan fingerprint density at radius 2 is 1.86 bits per heavy atom. The fourth-order valence-electron chi connectivity index (χ4n) is 2.86. The molecule has 28 heavy (non-hydrogen) atoms. The van der Waals surface area contributed by atoms with Gasteiger partial charge in [-0.1, -0.05) is 18.2 Å². The van der Waals surface area contributed by atoms with Crippen LogP contribution < -0.4 is 11.1 Å². The molecule has 0 radical (unpaired) electrons. The number of primary amides is 1. The topological polar surface area (TPSA) is 108 Å². The minimum absolute atomic E-state index is 0.270. The number of nitrogens with one attached hydrogen (secondary N) is 2. The zero-order valence-electron chi connectivity index (χ0n) is 15.5. The minimum atomic E-state index is -0.501. The van der Waals surface area contributed by atoms with Gasteiger partial charge in [-0.15, -0.1) is 0 Å². The number of carbonyl (C=O) groups is 3. The summed E-state index contributed by atoms with van der Waals surface area (Å²) >= 11 is 0. The third-order valence-corrected chi connectivity index (χ3v) is 4.25. The lowest BCUT2D eigenvalue weighted by atomic mass is 9.98. The van der Waals surface area contributed by atoms with Gasteiger partial charge in [0.25, 0.3) is 5.91 Å². The first-order valence-electron chi connectivity index (χ1n) is 8.57. The van der Waals surface area contributed by atoms with Gasteiger partial charge in [0.15, 0.2) is 0 Å². The highest BCUT2D eigenvalue weighted by Gasteiger charge is 2.12. The Hall–Kier alpha value is -3.87. The number of H-pyrrole nitrogens is 1. The lowest BCUT2D eigenvalue weighted by Crippen LogP contribution is -2.19. The molecule has 0 saturated heterocycles. The lowest BCUT2D eigenvalue weighted by molar-refractivity contribution is -0.124. The summed E-state index contributed by atoms with van der Waals surface area (Å²) in [7, 11) is 3.22. The first-order chi connectivity index (χ1) is 13.4. The Morgan fingerprint density at radius 3 is 2.57 bits per heavy atom. The molecule has 1 heterocycles. The maximum Gasteiger partial charge on any atom is 0.250 e. The number of anilines is 1. The Kier molecular flexibility index (Phi) is 5.26. The van der Waals surface area contributed by atoms with E-state index in [1.54, 1.807) is 32.4 Å². The second-order valence-electron chi connectivity index (χ2n) is 6.43. The minimum Gasteiger partial charge on any atom is -0.366 e. The van der Waals surface area contributed by atoms with Crippen LogP contribution >= 0.6 is 0 Å². The van der Waals surface area contributed by atoms with Crippen molar-refractivity contribution in [3.8, 4) is 11.1 Å². The van der Waals surface area contributed by atoms with Gasteiger partial charge in [-0.05, 0) is 35.4 Å². The number of nitrogens with two attached hydrogens (primary N) is 1. The van der Waals surface area contributed by atoms with E-state index in [1.165, 1.54) is 17.1 Å². The van der Waals surface area contributed by atoms with Crippen molar-refractivity contribution >= 4 is 34.3 Å². The third kappa shape index (κ3) is 3.93. The molecular formula is C21H20N4O3. The van der Waals surface area contributed by atoms with Crippen LogP contribution in [0.2, 0.25) is 0 Å². The number of benzene rings is 2. The van der Waals surface area contributed by atoms with Crippen molar-refractivity contribution in [3.63, 3.8) is 0 Å². The van der Waals surface area contributed by atoms with E-state index in [-0.39, 0.29) is 5.91 Å². The molecule has 3 rings (SSSR count). The predicted octanol–water partition coefficient (Wildman–Crippen LogP) is 2.52. The average Bonchev–Trinajstić information content (AvgIpc) is 3.15. The van der Waals surface area contributed by atoms with Crippen LogP contribution in [0.25, 0.3) is 22.0 Å². The second kappa shape index (κ2) is 7.79. The summed E-state index contributed by atoms with van der Waals surface area (Å²) in [5.41, 5.74) is 8.88. The van der Waals surface area contributed by atoms with Gasteiger partial charge >= 0.3 is 0 Å². The largest absolute Gasteiger partial charge is 0.366 e. The van der Waals surface area contributed by atoms with Crippen LogP contribution in [0.1, 0.15) is 10.4 Å². The van der Waals surface area contributed by atoms with Crippen molar-refractivity contribution in [2.75, 3.05) is 19.4 Å². The summed E-state index contributed by atoms with van der Waals surface area (Å²) in [6.07, 6.45) is 4.16. The quantitative estimate of drug-likeness (QED) is 0.595. The lowest BCUT2D eigenvalue weighted by Gasteiger charge is -2.09. The average molecular weight is 376 g/mol. The number of fused-ring (bicyclic) bond motifs is 1. The van der Waals surface area contributed by atoms with Crippen molar-refractivity contribution in [2.24, 2.45) is 5.73 Å². The first-order valence-corrected chi connectivity index (χ1v) is 8.57. The summed E-state index contributed by atoms with van der Waals surface area (Å²) in [5.74, 6) is -1.17. The van der Waals surface area contributed by atoms with E-state index in [9.17, 15) is 14.4 Å². The number of aromatic amines is 1. The van der Waals surface area contributed by atoms with Crippen molar-refractivity contribution in [1.82, 2.24) is 9.88 Å². The van der Waals surface area contributed by atoms with E-state index in [4.69, 9.17) is 5.73 Å². The molecule has 0 unspecified atom stereocenters.